The van der Waals surface area contributed by atoms with Gasteiger partial charge in [0.2, 0.25) is 0 Å². The van der Waals surface area contributed by atoms with Crippen LogP contribution in [0, 0.1) is 0 Å². The smallest absolute Gasteiger partial charge is 0.313 e. The first-order valence-electron chi connectivity index (χ1n) is 8.80. The van der Waals surface area contributed by atoms with E-state index in [1.54, 1.807) is 0 Å². The summed E-state index contributed by atoms with van der Waals surface area (Å²) in [7, 11) is -0.924. The highest BCUT2D eigenvalue weighted by Crippen LogP contribution is 2.55. The van der Waals surface area contributed by atoms with Gasteiger partial charge in [-0.1, -0.05) is 54.6 Å². The maximum atomic E-state index is 12.9. The zero-order chi connectivity index (χ0) is 19.1. The number of hydrogen-bond donors (Lipinski definition) is 0. The zero-order valence-corrected chi connectivity index (χ0v) is 18.3. The molecule has 0 radical (unpaired) electrons. The number of Topliss-reactive ketones (excluding diaryl/α,β-unsaturated/α-hetero) is 1. The number of carbonyl (C=O) groups is 2. The van der Waals surface area contributed by atoms with E-state index in [0.717, 1.165) is 15.9 Å². The van der Waals surface area contributed by atoms with Gasteiger partial charge in [-0.15, -0.1) is 17.0 Å². The molecule has 28 heavy (non-hydrogen) atoms. The van der Waals surface area contributed by atoms with Crippen molar-refractivity contribution in [3.8, 4) is 0 Å². The Morgan fingerprint density at radius 3 is 1.39 bits per heavy atom. The molecule has 5 heteroatoms. The van der Waals surface area contributed by atoms with Gasteiger partial charge in [-0.25, -0.2) is 0 Å². The molecular formula is C23H23BrO3P+. The highest BCUT2D eigenvalue weighted by Gasteiger charge is 2.47. The predicted molar refractivity (Wildman–Crippen MR) is 122 cm³/mol. The van der Waals surface area contributed by atoms with Crippen molar-refractivity contribution >= 4 is 51.9 Å². The molecule has 0 saturated carbocycles. The second-order valence-electron chi connectivity index (χ2n) is 6.27. The molecule has 0 saturated heterocycles. The highest BCUT2D eigenvalue weighted by atomic mass is 79.9. The Hall–Kier alpha value is -2.29. The summed E-state index contributed by atoms with van der Waals surface area (Å²) < 4.78 is 4.71. The van der Waals surface area contributed by atoms with Crippen LogP contribution in [0.15, 0.2) is 91.0 Å². The maximum absolute atomic E-state index is 12.9. The number of ether oxygens (including phenoxy) is 1. The fourth-order valence-corrected chi connectivity index (χ4v) is 7.45. The molecule has 0 spiro atoms. The third kappa shape index (κ3) is 4.76. The van der Waals surface area contributed by atoms with Gasteiger partial charge in [0.05, 0.1) is 7.11 Å². The van der Waals surface area contributed by atoms with E-state index < -0.39 is 13.2 Å². The number of esters is 1. The van der Waals surface area contributed by atoms with Crippen LogP contribution in [0.1, 0.15) is 6.42 Å². The van der Waals surface area contributed by atoms with Crippen LogP contribution in [-0.4, -0.2) is 25.0 Å². The summed E-state index contributed by atoms with van der Waals surface area (Å²) in [5.74, 6) is -0.598. The zero-order valence-electron chi connectivity index (χ0n) is 15.7. The van der Waals surface area contributed by atoms with Crippen molar-refractivity contribution in [2.45, 2.75) is 6.42 Å². The third-order valence-electron chi connectivity index (χ3n) is 4.57. The van der Waals surface area contributed by atoms with E-state index in [2.05, 4.69) is 36.4 Å². The number of rotatable bonds is 7. The minimum Gasteiger partial charge on any atom is -0.469 e. The summed E-state index contributed by atoms with van der Waals surface area (Å²) in [5.41, 5.74) is 0. The summed E-state index contributed by atoms with van der Waals surface area (Å²) in [6, 6.07) is 30.4. The molecule has 0 heterocycles. The lowest BCUT2D eigenvalue weighted by atomic mass is 10.3. The van der Waals surface area contributed by atoms with Crippen molar-refractivity contribution in [2.24, 2.45) is 0 Å². The first kappa shape index (κ1) is 22.0. The quantitative estimate of drug-likeness (QED) is 0.308. The van der Waals surface area contributed by atoms with Crippen molar-refractivity contribution in [1.82, 2.24) is 0 Å². The Bertz CT molecular complexity index is 802. The van der Waals surface area contributed by atoms with E-state index >= 15 is 0 Å². The van der Waals surface area contributed by atoms with Crippen molar-refractivity contribution in [3.63, 3.8) is 0 Å². The standard InChI is InChI=1S/C23H22O3P.BrH/c1-26-23(25)17-19(24)18-27(20-11-5-2-6-12-20,21-13-7-3-8-14-21)22-15-9-4-10-16-22;/h2-16H,17-18H2,1H3;1H/q+1;. The van der Waals surface area contributed by atoms with E-state index in [1.807, 2.05) is 54.6 Å². The molecule has 0 unspecified atom stereocenters. The number of benzene rings is 3. The summed E-state index contributed by atoms with van der Waals surface area (Å²) in [4.78, 5) is 24.6. The molecule has 144 valence electrons. The molecule has 0 bridgehead atoms. The molecule has 0 amide bonds. The van der Waals surface area contributed by atoms with Crippen molar-refractivity contribution in [3.05, 3.63) is 91.0 Å². The van der Waals surface area contributed by atoms with E-state index in [-0.39, 0.29) is 29.2 Å². The van der Waals surface area contributed by atoms with Crippen LogP contribution in [0.25, 0.3) is 0 Å². The van der Waals surface area contributed by atoms with Crippen LogP contribution in [0.4, 0.5) is 0 Å². The average molecular weight is 458 g/mol. The summed E-state index contributed by atoms with van der Waals surface area (Å²) >= 11 is 0. The second-order valence-corrected chi connectivity index (χ2v) is 9.75. The predicted octanol–water partition coefficient (Wildman–Crippen LogP) is 3.69. The fraction of sp³-hybridized carbons (Fsp3) is 0.130. The molecule has 3 aromatic rings. The summed E-state index contributed by atoms with van der Waals surface area (Å²) in [6.45, 7) is 0. The largest absolute Gasteiger partial charge is 0.469 e. The molecule has 0 N–H and O–H groups in total. The van der Waals surface area contributed by atoms with Gasteiger partial charge in [-0.05, 0) is 36.4 Å². The highest BCUT2D eigenvalue weighted by molar-refractivity contribution is 8.93. The lowest BCUT2D eigenvalue weighted by Gasteiger charge is -2.27. The van der Waals surface area contributed by atoms with Crippen molar-refractivity contribution in [1.29, 1.82) is 0 Å². The summed E-state index contributed by atoms with van der Waals surface area (Å²) in [6.07, 6.45) is 0.0882. The van der Waals surface area contributed by atoms with Gasteiger partial charge in [0, 0.05) is 0 Å². The Morgan fingerprint density at radius 1 is 0.714 bits per heavy atom. The maximum Gasteiger partial charge on any atom is 0.313 e. The number of carbonyl (C=O) groups excluding carboxylic acids is 2. The van der Waals surface area contributed by atoms with Crippen LogP contribution in [0.2, 0.25) is 0 Å². The van der Waals surface area contributed by atoms with Gasteiger partial charge in [0.25, 0.3) is 0 Å². The van der Waals surface area contributed by atoms with Crippen LogP contribution in [-0.2, 0) is 14.3 Å². The minimum absolute atomic E-state index is 0. The normalized spacial score (nSPS) is 10.6. The number of methoxy groups -OCH3 is 1. The van der Waals surface area contributed by atoms with Gasteiger partial charge in [-0.2, -0.15) is 0 Å². The van der Waals surface area contributed by atoms with Gasteiger partial charge in [-0.3, -0.25) is 9.59 Å². The number of ketones is 1. The molecule has 3 nitrogen and oxygen atoms in total. The van der Waals surface area contributed by atoms with Crippen LogP contribution in [0.5, 0.6) is 0 Å². The van der Waals surface area contributed by atoms with Crippen molar-refractivity contribution in [2.75, 3.05) is 13.3 Å². The van der Waals surface area contributed by atoms with Gasteiger partial charge < -0.3 is 4.74 Å². The second kappa shape index (κ2) is 10.3. The SMILES string of the molecule is Br.COC(=O)CC(=O)C[P+](c1ccccc1)(c1ccccc1)c1ccccc1. The molecule has 0 atom stereocenters. The average Bonchev–Trinajstić information content (AvgIpc) is 2.74. The number of halogens is 1. The summed E-state index contributed by atoms with van der Waals surface area (Å²) in [5, 5.41) is 3.38. The Kier molecular flexibility index (Phi) is 8.10. The van der Waals surface area contributed by atoms with Crippen LogP contribution >= 0.6 is 24.2 Å². The molecule has 0 fully saturated rings. The van der Waals surface area contributed by atoms with E-state index in [9.17, 15) is 9.59 Å². The van der Waals surface area contributed by atoms with Gasteiger partial charge >= 0.3 is 5.97 Å². The Balaban J connectivity index is 0.00000280. The number of hydrogen-bond acceptors (Lipinski definition) is 3. The Morgan fingerprint density at radius 2 is 1.07 bits per heavy atom. The molecule has 0 aliphatic heterocycles. The monoisotopic (exact) mass is 457 g/mol. The lowest BCUT2D eigenvalue weighted by molar-refractivity contribution is -0.142. The topological polar surface area (TPSA) is 43.4 Å². The Labute approximate surface area is 176 Å². The van der Waals surface area contributed by atoms with E-state index in [1.165, 1.54) is 7.11 Å². The first-order valence-corrected chi connectivity index (χ1v) is 10.8. The third-order valence-corrected chi connectivity index (χ3v) is 8.94. The molecule has 0 aliphatic rings. The molecule has 3 rings (SSSR count). The van der Waals surface area contributed by atoms with Gasteiger partial charge in [0.1, 0.15) is 35.8 Å². The van der Waals surface area contributed by atoms with Crippen molar-refractivity contribution < 1.29 is 14.3 Å². The molecule has 0 aromatic heterocycles. The minimum atomic E-state index is -2.23. The molecule has 0 aliphatic carbocycles. The van der Waals surface area contributed by atoms with Crippen LogP contribution < -0.4 is 15.9 Å². The van der Waals surface area contributed by atoms with E-state index in [0.29, 0.717) is 6.16 Å². The first-order chi connectivity index (χ1) is 13.2. The van der Waals surface area contributed by atoms with Crippen LogP contribution in [0.3, 0.4) is 0 Å². The van der Waals surface area contributed by atoms with E-state index in [4.69, 9.17) is 4.74 Å². The molecule has 3 aromatic carbocycles. The molecular weight excluding hydrogens is 435 g/mol. The lowest BCUT2D eigenvalue weighted by Crippen LogP contribution is -2.36. The van der Waals surface area contributed by atoms with Gasteiger partial charge in [0.15, 0.2) is 5.78 Å². The fourth-order valence-electron chi connectivity index (χ4n) is 3.32.